The van der Waals surface area contributed by atoms with Crippen molar-refractivity contribution in [3.05, 3.63) is 490 Å². The van der Waals surface area contributed by atoms with Crippen LogP contribution in [-0.2, 0) is 5.41 Å². The van der Waals surface area contributed by atoms with E-state index in [4.69, 9.17) is 8.83 Å². The molecule has 0 unspecified atom stereocenters. The van der Waals surface area contributed by atoms with E-state index >= 15 is 0 Å². The number of fused-ring (bicyclic) bond motifs is 39. The summed E-state index contributed by atoms with van der Waals surface area (Å²) in [5, 5.41) is 35.6. The Bertz CT molecular complexity index is 10100. The van der Waals surface area contributed by atoms with Crippen LogP contribution in [0.4, 0.5) is 51.2 Å². The zero-order chi connectivity index (χ0) is 94.2. The molecule has 5 aromatic heterocycles. The van der Waals surface area contributed by atoms with Crippen molar-refractivity contribution in [3.8, 4) is 22.3 Å². The van der Waals surface area contributed by atoms with Gasteiger partial charge in [-0.05, 0) is 271 Å². The fourth-order valence-corrected chi connectivity index (χ4v) is 27.1. The van der Waals surface area contributed by atoms with E-state index in [1.54, 1.807) is 0 Å². The third-order valence-electron chi connectivity index (χ3n) is 30.0. The highest BCUT2D eigenvalue weighted by molar-refractivity contribution is 7.27. The monoisotopic (exact) mass is 1880 g/mol. The molecule has 0 bridgehead atoms. The van der Waals surface area contributed by atoms with E-state index in [1.165, 1.54) is 191 Å². The van der Waals surface area contributed by atoms with E-state index in [9.17, 15) is 0 Å². The highest BCUT2D eigenvalue weighted by Gasteiger charge is 2.39. The first-order valence-corrected chi connectivity index (χ1v) is 51.4. The summed E-state index contributed by atoms with van der Waals surface area (Å²) in [6, 6.07) is 174. The fraction of sp³-hybridized carbons (Fsp3) is 0.0222. The molecule has 31 rings (SSSR count). The lowest BCUT2D eigenvalue weighted by atomic mass is 9.79. The molecule has 25 aromatic carbocycles. The molecule has 0 amide bonds. The molecule has 5 heterocycles. The van der Waals surface area contributed by atoms with E-state index in [0.717, 1.165) is 95.1 Å². The van der Waals surface area contributed by atoms with Crippen LogP contribution in [0.2, 0.25) is 0 Å². The van der Waals surface area contributed by atoms with Crippen molar-refractivity contribution in [2.24, 2.45) is 0 Å². The number of nitrogens with zero attached hydrogens (tertiary/aromatic N) is 3. The van der Waals surface area contributed by atoms with E-state index in [-0.39, 0.29) is 5.41 Å². The van der Waals surface area contributed by atoms with Crippen LogP contribution in [-0.4, -0.2) is 0 Å². The first-order chi connectivity index (χ1) is 70.7. The molecule has 1 aliphatic carbocycles. The number of hydrogen-bond acceptors (Lipinski definition) is 8. The predicted octanol–water partition coefficient (Wildman–Crippen LogP) is 40.7. The molecule has 0 saturated carbocycles. The smallest absolute Gasteiger partial charge is 0.159 e. The summed E-state index contributed by atoms with van der Waals surface area (Å²) in [5.41, 5.74) is 21.6. The maximum atomic E-state index is 6.51. The zero-order valence-corrected chi connectivity index (χ0v) is 80.4. The molecule has 0 N–H and O–H groups in total. The summed E-state index contributed by atoms with van der Waals surface area (Å²) in [4.78, 5) is 7.06. The van der Waals surface area contributed by atoms with Crippen LogP contribution in [0.15, 0.2) is 488 Å². The number of para-hydroxylation sites is 6. The standard InChI is InChI=1S/C51H35NO.C42H25NOS.C42H25NS2/c1-51(2)44-20-10-8-18-42(44)48-43-30-26-34-31-33(25-29-37(34)47(43)39-16-6-7-17-40(39)49(48)51)32-23-27-36(28-24-32)52(35-13-4-3-5-14-35)45-21-12-19-41-38-15-9-11-22-46(38)53-50(41)45;1-2-10-27(11-3-1)43(29-20-23-39-36(25-29)31-12-7-9-17-38(31)45-39)28-19-22-30-26(24-28)18-21-35-40(30)32-13-4-5-14-33(32)42-41(35)34-15-6-8-16-37(34)44-42;1-2-10-27(11-3-1)43(29-20-23-39-36(25-29)31-12-6-8-16-37(31)44-39)28-19-22-30-26(24-28)18-21-35-40(30)32-13-4-5-14-33(32)42-41(35)34-15-7-9-17-38(34)45-42/h3-31H,1-2H3;2*1-25H. The van der Waals surface area contributed by atoms with E-state index in [0.29, 0.717) is 0 Å². The van der Waals surface area contributed by atoms with Crippen LogP contribution in [0, 0.1) is 0 Å². The summed E-state index contributed by atoms with van der Waals surface area (Å²) >= 11 is 5.62. The van der Waals surface area contributed by atoms with E-state index in [1.807, 2.05) is 52.2 Å². The summed E-state index contributed by atoms with van der Waals surface area (Å²) in [5.74, 6) is 0. The minimum Gasteiger partial charge on any atom is -0.455 e. The van der Waals surface area contributed by atoms with E-state index < -0.39 is 0 Å². The van der Waals surface area contributed by atoms with Gasteiger partial charge in [0.1, 0.15) is 16.7 Å². The predicted molar refractivity (Wildman–Crippen MR) is 617 cm³/mol. The SMILES string of the molecule is CC1(C)c2ccccc2-c2c1c1ccccc1c1c2ccc2cc(-c3ccc(N(c4ccccc4)c4cccc5c4oc4ccccc45)cc3)ccc21.c1ccc(N(c2ccc3c(ccc4c3c3ccccc3c3oc5ccccc5c43)c2)c2ccc3sc4ccccc4c3c2)cc1.c1ccc(N(c2ccc3c(ccc4c3c3ccccc3c3sc5ccccc5c43)c2)c2ccc3sc4ccccc4c3c2)cc1. The molecule has 0 aliphatic heterocycles. The van der Waals surface area contributed by atoms with Gasteiger partial charge in [-0.3, -0.25) is 0 Å². The summed E-state index contributed by atoms with van der Waals surface area (Å²) in [7, 11) is 0. The molecule has 0 fully saturated rings. The Labute approximate surface area is 835 Å². The van der Waals surface area contributed by atoms with Crippen molar-refractivity contribution in [1.82, 2.24) is 0 Å². The van der Waals surface area contributed by atoms with Gasteiger partial charge in [-0.25, -0.2) is 0 Å². The maximum Gasteiger partial charge on any atom is 0.159 e. The summed E-state index contributed by atoms with van der Waals surface area (Å²) < 4.78 is 21.0. The maximum absolute atomic E-state index is 6.51. The fourth-order valence-electron chi connectivity index (χ4n) is 23.7. The van der Waals surface area contributed by atoms with Crippen LogP contribution in [0.1, 0.15) is 25.0 Å². The third-order valence-corrected chi connectivity index (χ3v) is 33.5. The van der Waals surface area contributed by atoms with Gasteiger partial charge >= 0.3 is 0 Å². The van der Waals surface area contributed by atoms with E-state index in [2.05, 4.69) is 490 Å². The van der Waals surface area contributed by atoms with Gasteiger partial charge in [-0.15, -0.1) is 34.0 Å². The Kier molecular flexibility index (Phi) is 19.0. The van der Waals surface area contributed by atoms with Gasteiger partial charge < -0.3 is 23.5 Å². The molecule has 0 saturated heterocycles. The summed E-state index contributed by atoms with van der Waals surface area (Å²) in [6.07, 6.45) is 0. The number of furan rings is 2. The van der Waals surface area contributed by atoms with Gasteiger partial charge in [-0.2, -0.15) is 0 Å². The highest BCUT2D eigenvalue weighted by atomic mass is 32.1. The molecule has 8 heteroatoms. The average Bonchev–Trinajstić information content (AvgIpc) is 1.56. The Balaban J connectivity index is 0.000000103. The Morgan fingerprint density at radius 3 is 1.18 bits per heavy atom. The van der Waals surface area contributed by atoms with Crippen molar-refractivity contribution < 1.29 is 8.83 Å². The number of anilines is 9. The second-order valence-corrected chi connectivity index (χ2v) is 41.5. The minimum atomic E-state index is -0.0701. The molecule has 670 valence electrons. The molecule has 30 aromatic rings. The molecule has 1 aliphatic rings. The van der Waals surface area contributed by atoms with Crippen molar-refractivity contribution in [2.75, 3.05) is 14.7 Å². The van der Waals surface area contributed by atoms with Gasteiger partial charge in [0.2, 0.25) is 0 Å². The molecular formula is C135H85N3O2S3. The molecular weight excluding hydrogens is 1790 g/mol. The Hall–Kier alpha value is -17.5. The number of benzene rings is 25. The Morgan fingerprint density at radius 2 is 0.580 bits per heavy atom. The molecule has 0 spiro atoms. The van der Waals surface area contributed by atoms with Gasteiger partial charge in [0.25, 0.3) is 0 Å². The van der Waals surface area contributed by atoms with Gasteiger partial charge in [0, 0.05) is 144 Å². The van der Waals surface area contributed by atoms with Gasteiger partial charge in [0.15, 0.2) is 5.58 Å². The van der Waals surface area contributed by atoms with Gasteiger partial charge in [-0.1, -0.05) is 341 Å². The van der Waals surface area contributed by atoms with Crippen molar-refractivity contribution in [1.29, 1.82) is 0 Å². The van der Waals surface area contributed by atoms with Crippen LogP contribution in [0.25, 0.3) is 224 Å². The highest BCUT2D eigenvalue weighted by Crippen LogP contribution is 2.58. The minimum absolute atomic E-state index is 0.0701. The largest absolute Gasteiger partial charge is 0.455 e. The topological polar surface area (TPSA) is 36.0 Å². The summed E-state index contributed by atoms with van der Waals surface area (Å²) in [6.45, 7) is 4.76. The van der Waals surface area contributed by atoms with Crippen molar-refractivity contribution in [2.45, 2.75) is 19.3 Å². The molecule has 5 nitrogen and oxygen atoms in total. The van der Waals surface area contributed by atoms with Crippen LogP contribution < -0.4 is 14.7 Å². The number of rotatable bonds is 10. The molecule has 0 atom stereocenters. The average molecular weight is 1880 g/mol. The Morgan fingerprint density at radius 1 is 0.203 bits per heavy atom. The quantitative estimate of drug-likeness (QED) is 0.128. The van der Waals surface area contributed by atoms with Crippen LogP contribution >= 0.6 is 34.0 Å². The van der Waals surface area contributed by atoms with Crippen LogP contribution in [0.3, 0.4) is 0 Å². The zero-order valence-electron chi connectivity index (χ0n) is 78.0. The second-order valence-electron chi connectivity index (χ2n) is 38.2. The van der Waals surface area contributed by atoms with Crippen molar-refractivity contribution in [3.63, 3.8) is 0 Å². The third kappa shape index (κ3) is 13.1. The number of hydrogen-bond donors (Lipinski definition) is 0. The first kappa shape index (κ1) is 82.6. The van der Waals surface area contributed by atoms with Crippen LogP contribution in [0.5, 0.6) is 0 Å². The van der Waals surface area contributed by atoms with Gasteiger partial charge in [0.05, 0.1) is 5.69 Å². The lowest BCUT2D eigenvalue weighted by molar-refractivity contribution is 0.666. The molecule has 0 radical (unpaired) electrons. The lowest BCUT2D eigenvalue weighted by Gasteiger charge is -2.26. The number of thiophene rings is 3. The first-order valence-electron chi connectivity index (χ1n) is 49.0. The normalized spacial score (nSPS) is 12.5. The van der Waals surface area contributed by atoms with Crippen molar-refractivity contribution >= 4 is 287 Å². The lowest BCUT2D eigenvalue weighted by Crippen LogP contribution is -2.15. The second kappa shape index (κ2) is 32.8. The molecule has 143 heavy (non-hydrogen) atoms.